The molecule has 0 saturated heterocycles. The summed E-state index contributed by atoms with van der Waals surface area (Å²) >= 11 is 0. The summed E-state index contributed by atoms with van der Waals surface area (Å²) in [6.45, 7) is 7.18. The second-order valence-electron chi connectivity index (χ2n) is 5.33. The summed E-state index contributed by atoms with van der Waals surface area (Å²) in [7, 11) is 0. The van der Waals surface area contributed by atoms with Crippen molar-refractivity contribution in [1.29, 1.82) is 0 Å². The van der Waals surface area contributed by atoms with Gasteiger partial charge in [-0.2, -0.15) is 10.2 Å². The van der Waals surface area contributed by atoms with E-state index in [0.717, 1.165) is 0 Å². The second kappa shape index (κ2) is 4.61. The molecular weight excluding hydrogens is 232 g/mol. The molecule has 0 amide bonds. The van der Waals surface area contributed by atoms with E-state index in [1.165, 1.54) is 33.4 Å². The molecule has 0 spiro atoms. The van der Waals surface area contributed by atoms with Crippen LogP contribution >= 0.6 is 0 Å². The van der Waals surface area contributed by atoms with Crippen molar-refractivity contribution < 1.29 is 0 Å². The summed E-state index contributed by atoms with van der Waals surface area (Å²) in [6, 6.07) is 13.0. The fraction of sp³-hybridized carbons (Fsp3) is 0.294. The molecule has 0 radical (unpaired) electrons. The highest BCUT2D eigenvalue weighted by molar-refractivity contribution is 5.46. The van der Waals surface area contributed by atoms with Gasteiger partial charge in [0.1, 0.15) is 6.04 Å². The lowest BCUT2D eigenvalue weighted by atomic mass is 9.88. The summed E-state index contributed by atoms with van der Waals surface area (Å²) in [5.74, 6) is 0. The second-order valence-corrected chi connectivity index (χ2v) is 5.33. The predicted octanol–water partition coefficient (Wildman–Crippen LogP) is 4.67. The summed E-state index contributed by atoms with van der Waals surface area (Å²) < 4.78 is 0. The minimum atomic E-state index is 0.0607. The van der Waals surface area contributed by atoms with E-state index in [2.05, 4.69) is 67.4 Å². The van der Waals surface area contributed by atoms with Gasteiger partial charge in [0.2, 0.25) is 0 Å². The van der Waals surface area contributed by atoms with Crippen molar-refractivity contribution >= 4 is 0 Å². The Balaban J connectivity index is 2.18. The van der Waals surface area contributed by atoms with E-state index < -0.39 is 0 Å². The molecule has 0 saturated carbocycles. The molecule has 1 heterocycles. The smallest absolute Gasteiger partial charge is 0.122 e. The van der Waals surface area contributed by atoms with Crippen LogP contribution in [0, 0.1) is 20.8 Å². The monoisotopic (exact) mass is 250 g/mol. The first-order valence-corrected chi connectivity index (χ1v) is 6.69. The number of rotatable bonds is 1. The topological polar surface area (TPSA) is 24.7 Å². The summed E-state index contributed by atoms with van der Waals surface area (Å²) in [4.78, 5) is 0. The largest absolute Gasteiger partial charge is 0.188 e. The first-order chi connectivity index (χ1) is 9.16. The zero-order valence-corrected chi connectivity index (χ0v) is 11.6. The number of nitrogens with zero attached hydrogens (tertiary/aromatic N) is 2. The minimum Gasteiger partial charge on any atom is -0.188 e. The lowest BCUT2D eigenvalue weighted by Gasteiger charge is -2.23. The lowest BCUT2D eigenvalue weighted by molar-refractivity contribution is 0.698. The molecule has 19 heavy (non-hydrogen) atoms. The molecule has 0 aromatic heterocycles. The molecule has 1 aliphatic heterocycles. The molecule has 0 bridgehead atoms. The SMILES string of the molecule is Cc1cc(C)c([C@@H]2N=NCc3ccccc32)c(C)c1. The maximum Gasteiger partial charge on any atom is 0.122 e. The molecule has 1 atom stereocenters. The van der Waals surface area contributed by atoms with Crippen LogP contribution in [0.1, 0.15) is 39.4 Å². The van der Waals surface area contributed by atoms with Gasteiger partial charge in [-0.25, -0.2) is 0 Å². The van der Waals surface area contributed by atoms with Crippen molar-refractivity contribution in [3.05, 3.63) is 69.8 Å². The highest BCUT2D eigenvalue weighted by Crippen LogP contribution is 2.36. The van der Waals surface area contributed by atoms with E-state index >= 15 is 0 Å². The Morgan fingerprint density at radius 3 is 2.42 bits per heavy atom. The Morgan fingerprint density at radius 1 is 1.00 bits per heavy atom. The van der Waals surface area contributed by atoms with E-state index in [0.29, 0.717) is 6.54 Å². The summed E-state index contributed by atoms with van der Waals surface area (Å²) in [6.07, 6.45) is 0. The molecule has 2 nitrogen and oxygen atoms in total. The molecule has 96 valence electrons. The minimum absolute atomic E-state index is 0.0607. The van der Waals surface area contributed by atoms with E-state index in [-0.39, 0.29) is 6.04 Å². The molecule has 1 aliphatic rings. The van der Waals surface area contributed by atoms with Crippen molar-refractivity contribution in [2.45, 2.75) is 33.4 Å². The van der Waals surface area contributed by atoms with Gasteiger partial charge in [-0.05, 0) is 48.6 Å². The first-order valence-electron chi connectivity index (χ1n) is 6.69. The maximum absolute atomic E-state index is 4.52. The Labute approximate surface area is 114 Å². The normalized spacial score (nSPS) is 17.3. The number of hydrogen-bond donors (Lipinski definition) is 0. The van der Waals surface area contributed by atoms with Crippen molar-refractivity contribution in [3.8, 4) is 0 Å². The Bertz CT molecular complexity index is 633. The molecule has 0 unspecified atom stereocenters. The highest BCUT2D eigenvalue weighted by atomic mass is 15.1. The van der Waals surface area contributed by atoms with E-state index in [1.807, 2.05) is 0 Å². The van der Waals surface area contributed by atoms with E-state index in [9.17, 15) is 0 Å². The maximum atomic E-state index is 4.52. The van der Waals surface area contributed by atoms with Crippen LogP contribution in [0.3, 0.4) is 0 Å². The highest BCUT2D eigenvalue weighted by Gasteiger charge is 2.23. The molecule has 3 rings (SSSR count). The predicted molar refractivity (Wildman–Crippen MR) is 77.5 cm³/mol. The van der Waals surface area contributed by atoms with Crippen LogP contribution in [-0.2, 0) is 6.54 Å². The zero-order chi connectivity index (χ0) is 13.4. The van der Waals surface area contributed by atoms with Crippen molar-refractivity contribution in [2.24, 2.45) is 10.2 Å². The van der Waals surface area contributed by atoms with E-state index in [1.54, 1.807) is 0 Å². The van der Waals surface area contributed by atoms with Crippen molar-refractivity contribution in [2.75, 3.05) is 0 Å². The number of fused-ring (bicyclic) bond motifs is 1. The molecule has 0 aliphatic carbocycles. The number of aryl methyl sites for hydroxylation is 3. The van der Waals surface area contributed by atoms with Crippen LogP contribution in [-0.4, -0.2) is 0 Å². The average molecular weight is 250 g/mol. The fourth-order valence-electron chi connectivity index (χ4n) is 3.04. The van der Waals surface area contributed by atoms with Gasteiger partial charge in [0, 0.05) is 0 Å². The lowest BCUT2D eigenvalue weighted by Crippen LogP contribution is -2.09. The van der Waals surface area contributed by atoms with Crippen LogP contribution in [0.15, 0.2) is 46.6 Å². The quantitative estimate of drug-likeness (QED) is 0.703. The first kappa shape index (κ1) is 12.1. The number of hydrogen-bond acceptors (Lipinski definition) is 2. The van der Waals surface area contributed by atoms with E-state index in [4.69, 9.17) is 0 Å². The third kappa shape index (κ3) is 2.07. The zero-order valence-electron chi connectivity index (χ0n) is 11.6. The average Bonchev–Trinajstić information content (AvgIpc) is 2.38. The van der Waals surface area contributed by atoms with Gasteiger partial charge in [0.05, 0.1) is 6.54 Å². The summed E-state index contributed by atoms with van der Waals surface area (Å²) in [5, 5.41) is 8.82. The van der Waals surface area contributed by atoms with Crippen molar-refractivity contribution in [1.82, 2.24) is 0 Å². The third-order valence-electron chi connectivity index (χ3n) is 3.80. The van der Waals surface area contributed by atoms with Crippen molar-refractivity contribution in [3.63, 3.8) is 0 Å². The van der Waals surface area contributed by atoms with Gasteiger partial charge in [0.15, 0.2) is 0 Å². The van der Waals surface area contributed by atoms with Crippen LogP contribution in [0.25, 0.3) is 0 Å². The van der Waals surface area contributed by atoms with Gasteiger partial charge in [0.25, 0.3) is 0 Å². The molecule has 0 N–H and O–H groups in total. The third-order valence-corrected chi connectivity index (χ3v) is 3.80. The Hall–Kier alpha value is -1.96. The summed E-state index contributed by atoms with van der Waals surface area (Å²) in [5.41, 5.74) is 7.81. The van der Waals surface area contributed by atoms with Crippen LogP contribution in [0.2, 0.25) is 0 Å². The Morgan fingerprint density at radius 2 is 1.68 bits per heavy atom. The van der Waals surface area contributed by atoms with Gasteiger partial charge < -0.3 is 0 Å². The number of benzene rings is 2. The molecule has 2 heteroatoms. The Kier molecular flexibility index (Phi) is 2.94. The molecule has 2 aromatic rings. The van der Waals surface area contributed by atoms with Gasteiger partial charge in [-0.1, -0.05) is 42.0 Å². The molecular formula is C17H18N2. The number of azo groups is 1. The standard InChI is InChI=1S/C17H18N2/c1-11-8-12(2)16(13(3)9-11)17-15-7-5-4-6-14(15)10-18-19-17/h4-9,17H,10H2,1-3H3/t17-/m1/s1. The van der Waals surface area contributed by atoms with Crippen LogP contribution in [0.5, 0.6) is 0 Å². The fourth-order valence-corrected chi connectivity index (χ4v) is 3.04. The van der Waals surface area contributed by atoms with Crippen LogP contribution in [0.4, 0.5) is 0 Å². The molecule has 0 fully saturated rings. The van der Waals surface area contributed by atoms with Gasteiger partial charge in [-0.3, -0.25) is 0 Å². The molecule has 2 aromatic carbocycles. The van der Waals surface area contributed by atoms with Gasteiger partial charge in [-0.15, -0.1) is 0 Å². The van der Waals surface area contributed by atoms with Crippen LogP contribution < -0.4 is 0 Å². The van der Waals surface area contributed by atoms with Gasteiger partial charge >= 0.3 is 0 Å².